The first-order valence-electron chi connectivity index (χ1n) is 10.8. The highest BCUT2D eigenvalue weighted by atomic mass is 35.5. The Hall–Kier alpha value is -2.40. The fraction of sp³-hybridized carbons (Fsp3) is 0.440. The lowest BCUT2D eigenvalue weighted by Crippen LogP contribution is -2.40. The lowest BCUT2D eigenvalue weighted by Gasteiger charge is -2.40. The molecule has 4 nitrogen and oxygen atoms in total. The number of hydrogen-bond acceptors (Lipinski definition) is 2. The number of fused-ring (bicyclic) bond motifs is 1. The van der Waals surface area contributed by atoms with Crippen LogP contribution in [0.2, 0.25) is 5.02 Å². The molecule has 0 radical (unpaired) electrons. The molecule has 1 amide bonds. The van der Waals surface area contributed by atoms with Gasteiger partial charge in [0.15, 0.2) is 0 Å². The fourth-order valence-electron chi connectivity index (χ4n) is 6.64. The van der Waals surface area contributed by atoms with Gasteiger partial charge in [0, 0.05) is 6.54 Å². The van der Waals surface area contributed by atoms with Crippen LogP contribution in [0.25, 0.3) is 11.1 Å². The molecule has 0 heterocycles. The third-order valence-corrected chi connectivity index (χ3v) is 7.99. The molecule has 162 valence electrons. The highest BCUT2D eigenvalue weighted by Crippen LogP contribution is 2.75. The van der Waals surface area contributed by atoms with Gasteiger partial charge >= 0.3 is 5.97 Å². The van der Waals surface area contributed by atoms with Crippen LogP contribution in [-0.2, 0) is 0 Å². The highest BCUT2D eigenvalue weighted by Gasteiger charge is 2.67. The Balaban J connectivity index is 1.38. The fourth-order valence-corrected chi connectivity index (χ4v) is 6.85. The molecule has 2 aromatic carbocycles. The predicted molar refractivity (Wildman–Crippen MR) is 117 cm³/mol. The van der Waals surface area contributed by atoms with Crippen LogP contribution < -0.4 is 5.32 Å². The lowest BCUT2D eigenvalue weighted by atomic mass is 9.67. The molecule has 2 aromatic rings. The number of aromatic carboxylic acids is 1. The first-order chi connectivity index (χ1) is 14.7. The molecule has 5 rings (SSSR count). The van der Waals surface area contributed by atoms with E-state index in [0.29, 0.717) is 39.6 Å². The van der Waals surface area contributed by atoms with E-state index < -0.39 is 11.8 Å². The summed E-state index contributed by atoms with van der Waals surface area (Å²) in [6.45, 7) is 2.97. The smallest absolute Gasteiger partial charge is 0.336 e. The standard InChI is InChI=1S/C25H25ClFNO3/c1-14-8-24(10-16-11-25(16,9-14)12-24)13-28-22(29)20-6-15(2-5-21(20)26)18-4-3-17(27)7-19(18)23(30)31/h2-7,14,16H,8-13H2,1H3,(H,28,29)(H,30,31). The van der Waals surface area contributed by atoms with Gasteiger partial charge in [-0.1, -0.05) is 30.7 Å². The van der Waals surface area contributed by atoms with E-state index in [0.717, 1.165) is 18.4 Å². The zero-order valence-electron chi connectivity index (χ0n) is 17.4. The Labute approximate surface area is 185 Å². The Bertz CT molecular complexity index is 1100. The normalized spacial score (nSPS) is 30.5. The van der Waals surface area contributed by atoms with Gasteiger partial charge in [0.05, 0.1) is 16.1 Å². The summed E-state index contributed by atoms with van der Waals surface area (Å²) in [5.74, 6) is -0.587. The van der Waals surface area contributed by atoms with Crippen molar-refractivity contribution in [2.24, 2.45) is 22.7 Å². The second-order valence-corrected chi connectivity index (χ2v) is 10.4. The lowest BCUT2D eigenvalue weighted by molar-refractivity contribution is 0.0697. The van der Waals surface area contributed by atoms with Gasteiger partial charge in [-0.3, -0.25) is 4.79 Å². The number of benzene rings is 2. The summed E-state index contributed by atoms with van der Waals surface area (Å²) in [5.41, 5.74) is 1.73. The number of carbonyl (C=O) groups is 2. The Morgan fingerprint density at radius 2 is 1.94 bits per heavy atom. The van der Waals surface area contributed by atoms with Gasteiger partial charge in [-0.15, -0.1) is 0 Å². The van der Waals surface area contributed by atoms with E-state index >= 15 is 0 Å². The van der Waals surface area contributed by atoms with Gasteiger partial charge in [-0.2, -0.15) is 0 Å². The van der Waals surface area contributed by atoms with Crippen molar-refractivity contribution in [2.75, 3.05) is 6.54 Å². The van der Waals surface area contributed by atoms with Crippen molar-refractivity contribution in [3.8, 4) is 11.1 Å². The molecule has 4 unspecified atom stereocenters. The molecular weight excluding hydrogens is 417 g/mol. The second kappa shape index (κ2) is 7.06. The van der Waals surface area contributed by atoms with Crippen molar-refractivity contribution in [3.05, 3.63) is 58.4 Å². The molecule has 3 saturated carbocycles. The number of amides is 1. The van der Waals surface area contributed by atoms with Gasteiger partial charge in [-0.05, 0) is 90.2 Å². The minimum Gasteiger partial charge on any atom is -0.478 e. The maximum absolute atomic E-state index is 13.6. The number of carbonyl (C=O) groups excluding carboxylic acids is 1. The Morgan fingerprint density at radius 1 is 1.13 bits per heavy atom. The maximum Gasteiger partial charge on any atom is 0.336 e. The quantitative estimate of drug-likeness (QED) is 0.617. The van der Waals surface area contributed by atoms with Crippen molar-refractivity contribution < 1.29 is 19.1 Å². The molecule has 0 aliphatic heterocycles. The van der Waals surface area contributed by atoms with Gasteiger partial charge < -0.3 is 10.4 Å². The van der Waals surface area contributed by atoms with Gasteiger partial charge in [0.2, 0.25) is 0 Å². The maximum atomic E-state index is 13.6. The van der Waals surface area contributed by atoms with Crippen LogP contribution in [0.3, 0.4) is 0 Å². The number of halogens is 2. The number of rotatable bonds is 5. The SMILES string of the molecule is CC1CC2(CNC(=O)c3cc(-c4ccc(F)cc4C(=O)O)ccc3Cl)CC3CC3(C1)C2. The molecule has 1 spiro atoms. The summed E-state index contributed by atoms with van der Waals surface area (Å²) < 4.78 is 13.6. The summed E-state index contributed by atoms with van der Waals surface area (Å²) in [4.78, 5) is 24.6. The summed E-state index contributed by atoms with van der Waals surface area (Å²) >= 11 is 6.32. The second-order valence-electron chi connectivity index (χ2n) is 10.0. The van der Waals surface area contributed by atoms with Crippen molar-refractivity contribution in [1.82, 2.24) is 5.32 Å². The zero-order valence-corrected chi connectivity index (χ0v) is 18.1. The number of carboxylic acids is 1. The van der Waals surface area contributed by atoms with Crippen molar-refractivity contribution in [3.63, 3.8) is 0 Å². The van der Waals surface area contributed by atoms with Crippen LogP contribution in [0.1, 0.15) is 59.7 Å². The Morgan fingerprint density at radius 3 is 2.71 bits per heavy atom. The molecule has 2 bridgehead atoms. The van der Waals surface area contributed by atoms with Gasteiger partial charge in [0.1, 0.15) is 5.82 Å². The molecule has 0 saturated heterocycles. The summed E-state index contributed by atoms with van der Waals surface area (Å²) in [5, 5.41) is 12.9. The minimum absolute atomic E-state index is 0.153. The average molecular weight is 442 g/mol. The van der Waals surface area contributed by atoms with Crippen LogP contribution in [0.5, 0.6) is 0 Å². The third kappa shape index (κ3) is 3.53. The van der Waals surface area contributed by atoms with E-state index in [2.05, 4.69) is 12.2 Å². The molecule has 3 aliphatic carbocycles. The van der Waals surface area contributed by atoms with Gasteiger partial charge in [0.25, 0.3) is 5.91 Å². The van der Waals surface area contributed by atoms with E-state index in [-0.39, 0.29) is 16.9 Å². The summed E-state index contributed by atoms with van der Waals surface area (Å²) in [6, 6.07) is 8.43. The van der Waals surface area contributed by atoms with Crippen LogP contribution in [-0.4, -0.2) is 23.5 Å². The summed E-state index contributed by atoms with van der Waals surface area (Å²) in [6.07, 6.45) is 6.23. The van der Waals surface area contributed by atoms with E-state index in [1.165, 1.54) is 37.8 Å². The monoisotopic (exact) mass is 441 g/mol. The van der Waals surface area contributed by atoms with Crippen molar-refractivity contribution in [2.45, 2.75) is 39.0 Å². The van der Waals surface area contributed by atoms with Crippen LogP contribution in [0.15, 0.2) is 36.4 Å². The first kappa shape index (κ1) is 20.5. The van der Waals surface area contributed by atoms with E-state index in [9.17, 15) is 19.1 Å². The largest absolute Gasteiger partial charge is 0.478 e. The predicted octanol–water partition coefficient (Wildman–Crippen LogP) is 5.79. The average Bonchev–Trinajstić information content (AvgIpc) is 3.27. The Kier molecular flexibility index (Phi) is 4.67. The molecule has 4 atom stereocenters. The molecule has 0 aromatic heterocycles. The zero-order chi connectivity index (χ0) is 22.0. The number of hydrogen-bond donors (Lipinski definition) is 2. The van der Waals surface area contributed by atoms with E-state index in [1.54, 1.807) is 18.2 Å². The summed E-state index contributed by atoms with van der Waals surface area (Å²) in [7, 11) is 0. The highest BCUT2D eigenvalue weighted by molar-refractivity contribution is 6.34. The molecule has 6 heteroatoms. The number of nitrogens with one attached hydrogen (secondary N) is 1. The first-order valence-corrected chi connectivity index (χ1v) is 11.2. The van der Waals surface area contributed by atoms with Crippen molar-refractivity contribution in [1.29, 1.82) is 0 Å². The molecule has 3 fully saturated rings. The number of carboxylic acid groups (broad SMARTS) is 1. The van der Waals surface area contributed by atoms with Crippen LogP contribution in [0.4, 0.5) is 4.39 Å². The topological polar surface area (TPSA) is 66.4 Å². The molecule has 2 N–H and O–H groups in total. The van der Waals surface area contributed by atoms with Crippen LogP contribution in [0, 0.1) is 28.5 Å². The third-order valence-electron chi connectivity index (χ3n) is 7.66. The van der Waals surface area contributed by atoms with E-state index in [4.69, 9.17) is 11.6 Å². The van der Waals surface area contributed by atoms with Crippen molar-refractivity contribution >= 4 is 23.5 Å². The minimum atomic E-state index is -1.23. The molecular formula is C25H25ClFNO3. The molecule has 3 aliphatic rings. The van der Waals surface area contributed by atoms with E-state index in [1.807, 2.05) is 0 Å². The molecule has 31 heavy (non-hydrogen) atoms. The van der Waals surface area contributed by atoms with Gasteiger partial charge in [-0.25, -0.2) is 9.18 Å². The van der Waals surface area contributed by atoms with Crippen LogP contribution >= 0.6 is 11.6 Å².